The number of hydrogen-bond donors (Lipinski definition) is 1. The number of nitrogens with zero attached hydrogens (tertiary/aromatic N) is 1. The van der Waals surface area contributed by atoms with E-state index in [2.05, 4.69) is 44.8 Å². The molecule has 1 aliphatic rings. The first-order valence-electron chi connectivity index (χ1n) is 7.55. The molecule has 0 bridgehead atoms. The second-order valence-electron chi connectivity index (χ2n) is 6.20. The summed E-state index contributed by atoms with van der Waals surface area (Å²) in [5.74, 6) is 0.749. The maximum Gasteiger partial charge on any atom is 0.0246 e. The zero-order valence-corrected chi connectivity index (χ0v) is 12.5. The van der Waals surface area contributed by atoms with Crippen molar-refractivity contribution in [1.82, 2.24) is 10.2 Å². The molecule has 102 valence electrons. The highest BCUT2D eigenvalue weighted by Gasteiger charge is 2.34. The van der Waals surface area contributed by atoms with Crippen molar-refractivity contribution in [3.63, 3.8) is 0 Å². The van der Waals surface area contributed by atoms with Crippen LogP contribution in [0.1, 0.15) is 60.3 Å². The average molecular weight is 240 g/mol. The fourth-order valence-corrected chi connectivity index (χ4v) is 2.46. The summed E-state index contributed by atoms with van der Waals surface area (Å²) in [6.07, 6.45) is 5.51. The van der Waals surface area contributed by atoms with Crippen molar-refractivity contribution >= 4 is 0 Å². The monoisotopic (exact) mass is 240 g/mol. The van der Waals surface area contributed by atoms with E-state index in [4.69, 9.17) is 0 Å². The van der Waals surface area contributed by atoms with E-state index in [1.807, 2.05) is 0 Å². The highest BCUT2D eigenvalue weighted by Crippen LogP contribution is 2.30. The lowest BCUT2D eigenvalue weighted by Gasteiger charge is -2.35. The van der Waals surface area contributed by atoms with E-state index in [1.165, 1.54) is 32.2 Å². The SMILES string of the molecule is CCCCN(C1CC1)C(CNC(C)C)C(C)C. The van der Waals surface area contributed by atoms with E-state index in [9.17, 15) is 0 Å². The Morgan fingerprint density at radius 3 is 2.24 bits per heavy atom. The predicted molar refractivity (Wildman–Crippen MR) is 76.4 cm³/mol. The van der Waals surface area contributed by atoms with Crippen molar-refractivity contribution in [2.24, 2.45) is 5.92 Å². The Bertz CT molecular complexity index is 197. The Kier molecular flexibility index (Phi) is 6.50. The third-order valence-electron chi connectivity index (χ3n) is 3.72. The molecule has 1 rings (SSSR count). The predicted octanol–water partition coefficient (Wildman–Crippen LogP) is 3.27. The Hall–Kier alpha value is -0.0800. The van der Waals surface area contributed by atoms with Gasteiger partial charge in [0.25, 0.3) is 0 Å². The standard InChI is InChI=1S/C15H32N2/c1-6-7-10-17(14-8-9-14)15(12(2)3)11-16-13(4)5/h12-16H,6-11H2,1-5H3. The molecule has 1 saturated carbocycles. The van der Waals surface area contributed by atoms with Crippen LogP contribution in [0.4, 0.5) is 0 Å². The van der Waals surface area contributed by atoms with Gasteiger partial charge in [-0.1, -0.05) is 41.0 Å². The molecule has 0 aliphatic heterocycles. The highest BCUT2D eigenvalue weighted by atomic mass is 15.2. The summed E-state index contributed by atoms with van der Waals surface area (Å²) in [6.45, 7) is 14.0. The van der Waals surface area contributed by atoms with Gasteiger partial charge in [0.05, 0.1) is 0 Å². The van der Waals surface area contributed by atoms with Gasteiger partial charge in [-0.25, -0.2) is 0 Å². The van der Waals surface area contributed by atoms with Gasteiger partial charge in [0.2, 0.25) is 0 Å². The fourth-order valence-electron chi connectivity index (χ4n) is 2.46. The fraction of sp³-hybridized carbons (Fsp3) is 1.00. The first-order chi connectivity index (χ1) is 8.06. The van der Waals surface area contributed by atoms with Crippen LogP contribution in [0.5, 0.6) is 0 Å². The van der Waals surface area contributed by atoms with Crippen molar-refractivity contribution in [1.29, 1.82) is 0 Å². The van der Waals surface area contributed by atoms with Crippen LogP contribution in [0.25, 0.3) is 0 Å². The Morgan fingerprint density at radius 1 is 1.18 bits per heavy atom. The van der Waals surface area contributed by atoms with E-state index >= 15 is 0 Å². The molecule has 0 radical (unpaired) electrons. The van der Waals surface area contributed by atoms with Crippen molar-refractivity contribution in [2.75, 3.05) is 13.1 Å². The Balaban J connectivity index is 2.50. The van der Waals surface area contributed by atoms with Crippen molar-refractivity contribution < 1.29 is 0 Å². The van der Waals surface area contributed by atoms with E-state index in [0.717, 1.165) is 24.5 Å². The lowest BCUT2D eigenvalue weighted by molar-refractivity contribution is 0.138. The van der Waals surface area contributed by atoms with Gasteiger partial charge in [0.1, 0.15) is 0 Å². The lowest BCUT2D eigenvalue weighted by Crippen LogP contribution is -2.48. The maximum absolute atomic E-state index is 3.62. The summed E-state index contributed by atoms with van der Waals surface area (Å²) in [5, 5.41) is 3.62. The molecule has 17 heavy (non-hydrogen) atoms. The molecule has 0 aromatic heterocycles. The smallest absolute Gasteiger partial charge is 0.0246 e. The molecule has 2 nitrogen and oxygen atoms in total. The summed E-state index contributed by atoms with van der Waals surface area (Å²) in [5.41, 5.74) is 0. The van der Waals surface area contributed by atoms with Gasteiger partial charge in [-0.15, -0.1) is 0 Å². The average Bonchev–Trinajstić information content (AvgIpc) is 3.05. The van der Waals surface area contributed by atoms with Crippen LogP contribution in [0.3, 0.4) is 0 Å². The number of rotatable bonds is 9. The van der Waals surface area contributed by atoms with E-state index in [1.54, 1.807) is 0 Å². The largest absolute Gasteiger partial charge is 0.313 e. The van der Waals surface area contributed by atoms with Crippen molar-refractivity contribution in [3.8, 4) is 0 Å². The van der Waals surface area contributed by atoms with E-state index in [-0.39, 0.29) is 0 Å². The first kappa shape index (κ1) is 15.0. The van der Waals surface area contributed by atoms with Crippen LogP contribution in [0, 0.1) is 5.92 Å². The van der Waals surface area contributed by atoms with Crippen molar-refractivity contribution in [3.05, 3.63) is 0 Å². The number of nitrogens with one attached hydrogen (secondary N) is 1. The number of unbranched alkanes of at least 4 members (excludes halogenated alkanes) is 1. The molecule has 1 aliphatic carbocycles. The molecule has 1 atom stereocenters. The van der Waals surface area contributed by atoms with Gasteiger partial charge < -0.3 is 5.32 Å². The minimum absolute atomic E-state index is 0.600. The minimum atomic E-state index is 0.600. The molecule has 0 spiro atoms. The molecule has 0 heterocycles. The summed E-state index contributed by atoms with van der Waals surface area (Å²) in [6, 6.07) is 2.21. The van der Waals surface area contributed by atoms with Gasteiger partial charge in [-0.05, 0) is 31.7 Å². The van der Waals surface area contributed by atoms with Gasteiger partial charge >= 0.3 is 0 Å². The van der Waals surface area contributed by atoms with Crippen LogP contribution in [0.2, 0.25) is 0 Å². The second kappa shape index (κ2) is 7.38. The molecular formula is C15H32N2. The Morgan fingerprint density at radius 2 is 1.82 bits per heavy atom. The third kappa shape index (κ3) is 5.39. The van der Waals surface area contributed by atoms with Crippen LogP contribution in [-0.2, 0) is 0 Å². The summed E-state index contributed by atoms with van der Waals surface area (Å²) in [7, 11) is 0. The molecule has 1 fully saturated rings. The molecule has 2 heteroatoms. The summed E-state index contributed by atoms with van der Waals surface area (Å²) < 4.78 is 0. The number of hydrogen-bond acceptors (Lipinski definition) is 2. The normalized spacial score (nSPS) is 18.4. The summed E-state index contributed by atoms with van der Waals surface area (Å²) in [4.78, 5) is 2.78. The van der Waals surface area contributed by atoms with Crippen LogP contribution >= 0.6 is 0 Å². The van der Waals surface area contributed by atoms with Crippen LogP contribution < -0.4 is 5.32 Å². The van der Waals surface area contributed by atoms with Crippen molar-refractivity contribution in [2.45, 2.75) is 78.4 Å². The maximum atomic E-state index is 3.62. The first-order valence-corrected chi connectivity index (χ1v) is 7.55. The Labute approximate surface area is 108 Å². The third-order valence-corrected chi connectivity index (χ3v) is 3.72. The topological polar surface area (TPSA) is 15.3 Å². The van der Waals surface area contributed by atoms with Crippen LogP contribution in [-0.4, -0.2) is 36.1 Å². The molecule has 0 amide bonds. The minimum Gasteiger partial charge on any atom is -0.313 e. The highest BCUT2D eigenvalue weighted by molar-refractivity contribution is 4.90. The summed E-state index contributed by atoms with van der Waals surface area (Å²) >= 11 is 0. The van der Waals surface area contributed by atoms with Gasteiger partial charge in [0, 0.05) is 24.7 Å². The lowest BCUT2D eigenvalue weighted by atomic mass is 10.0. The van der Waals surface area contributed by atoms with E-state index < -0.39 is 0 Å². The van der Waals surface area contributed by atoms with E-state index in [0.29, 0.717) is 6.04 Å². The molecule has 1 N–H and O–H groups in total. The van der Waals surface area contributed by atoms with Gasteiger partial charge in [-0.2, -0.15) is 0 Å². The van der Waals surface area contributed by atoms with Gasteiger partial charge in [-0.3, -0.25) is 4.90 Å². The molecule has 0 saturated heterocycles. The quantitative estimate of drug-likeness (QED) is 0.665. The molecular weight excluding hydrogens is 208 g/mol. The molecule has 0 aromatic carbocycles. The zero-order chi connectivity index (χ0) is 12.8. The molecule has 1 unspecified atom stereocenters. The zero-order valence-electron chi connectivity index (χ0n) is 12.5. The molecule has 0 aromatic rings. The van der Waals surface area contributed by atoms with Crippen LogP contribution in [0.15, 0.2) is 0 Å². The van der Waals surface area contributed by atoms with Gasteiger partial charge in [0.15, 0.2) is 0 Å². The second-order valence-corrected chi connectivity index (χ2v) is 6.20.